The molecule has 1 N–H and O–H groups in total. The van der Waals surface area contributed by atoms with Crippen molar-refractivity contribution in [2.45, 2.75) is 17.3 Å². The average molecular weight is 275 g/mol. The van der Waals surface area contributed by atoms with Crippen molar-refractivity contribution in [2.24, 2.45) is 0 Å². The number of thioether (sulfide) groups is 1. The summed E-state index contributed by atoms with van der Waals surface area (Å²) < 4.78 is 5.40. The van der Waals surface area contributed by atoms with Crippen LogP contribution in [0.15, 0.2) is 41.8 Å². The summed E-state index contributed by atoms with van der Waals surface area (Å²) in [5.74, 6) is 1.75. The first-order chi connectivity index (χ1) is 9.33. The number of nitrogens with one attached hydrogen (secondary N) is 1. The Kier molecular flexibility index (Phi) is 5.18. The van der Waals surface area contributed by atoms with Gasteiger partial charge in [0.15, 0.2) is 0 Å². The lowest BCUT2D eigenvalue weighted by Crippen LogP contribution is -2.05. The van der Waals surface area contributed by atoms with Crippen LogP contribution in [0.3, 0.4) is 0 Å². The monoisotopic (exact) mass is 275 g/mol. The summed E-state index contributed by atoms with van der Waals surface area (Å²) in [6, 6.07) is 8.18. The summed E-state index contributed by atoms with van der Waals surface area (Å²) in [7, 11) is 3.64. The van der Waals surface area contributed by atoms with Crippen LogP contribution in [0.4, 0.5) is 0 Å². The number of rotatable bonds is 6. The molecule has 0 amide bonds. The van der Waals surface area contributed by atoms with Gasteiger partial charge in [0.25, 0.3) is 0 Å². The zero-order valence-electron chi connectivity index (χ0n) is 11.1. The maximum absolute atomic E-state index is 5.40. The van der Waals surface area contributed by atoms with E-state index in [0.717, 1.165) is 23.1 Å². The highest BCUT2D eigenvalue weighted by atomic mass is 32.2. The second-order valence-corrected chi connectivity index (χ2v) is 5.01. The zero-order chi connectivity index (χ0) is 13.5. The fraction of sp³-hybridized carbons (Fsp3) is 0.286. The number of benzene rings is 1. The summed E-state index contributed by atoms with van der Waals surface area (Å²) in [4.78, 5) is 8.12. The molecule has 0 aliphatic heterocycles. The number of nitrogens with zero attached hydrogens (tertiary/aromatic N) is 2. The van der Waals surface area contributed by atoms with Crippen molar-refractivity contribution in [1.29, 1.82) is 0 Å². The van der Waals surface area contributed by atoms with Crippen molar-refractivity contribution >= 4 is 11.8 Å². The number of hydrogen-bond acceptors (Lipinski definition) is 5. The van der Waals surface area contributed by atoms with E-state index < -0.39 is 0 Å². The lowest BCUT2D eigenvalue weighted by molar-refractivity contribution is 0.411. The molecule has 100 valence electrons. The Balaban J connectivity index is 2.11. The molecule has 0 unspecified atom stereocenters. The molecule has 4 nitrogen and oxygen atoms in total. The van der Waals surface area contributed by atoms with E-state index in [4.69, 9.17) is 4.74 Å². The molecule has 0 atom stereocenters. The van der Waals surface area contributed by atoms with E-state index in [-0.39, 0.29) is 0 Å². The van der Waals surface area contributed by atoms with Gasteiger partial charge in [0.1, 0.15) is 12.1 Å². The van der Waals surface area contributed by atoms with Crippen LogP contribution in [-0.2, 0) is 12.3 Å². The molecule has 1 heterocycles. The summed E-state index contributed by atoms with van der Waals surface area (Å²) in [6.45, 7) is 0.856. The lowest BCUT2D eigenvalue weighted by atomic mass is 10.1. The lowest BCUT2D eigenvalue weighted by Gasteiger charge is -2.10. The third-order valence-electron chi connectivity index (χ3n) is 2.66. The van der Waals surface area contributed by atoms with Crippen LogP contribution in [0, 0.1) is 0 Å². The first kappa shape index (κ1) is 13.8. The Morgan fingerprint density at radius 3 is 2.89 bits per heavy atom. The molecule has 0 bridgehead atoms. The summed E-state index contributed by atoms with van der Waals surface area (Å²) in [5.41, 5.74) is 2.43. The van der Waals surface area contributed by atoms with E-state index in [1.54, 1.807) is 31.4 Å². The normalized spacial score (nSPS) is 10.4. The number of hydrogen-bond donors (Lipinski definition) is 1. The molecule has 2 rings (SSSR count). The molecule has 0 fully saturated rings. The Hall–Kier alpha value is -1.59. The fourth-order valence-corrected chi connectivity index (χ4v) is 2.58. The molecule has 1 aromatic carbocycles. The number of ether oxygens (including phenoxy) is 1. The van der Waals surface area contributed by atoms with Gasteiger partial charge in [0, 0.05) is 24.1 Å². The molecule has 0 aliphatic carbocycles. The Morgan fingerprint density at radius 2 is 2.21 bits per heavy atom. The van der Waals surface area contributed by atoms with Crippen LogP contribution in [-0.4, -0.2) is 24.1 Å². The number of methoxy groups -OCH3 is 1. The standard InChI is InChI=1S/C14H17N3OS/c1-15-8-11-3-4-13(18-2)12(7-11)9-19-14-5-6-16-10-17-14/h3-7,10,15H,8-9H2,1-2H3. The minimum absolute atomic E-state index is 0.831. The Bertz CT molecular complexity index is 519. The summed E-state index contributed by atoms with van der Waals surface area (Å²) in [5, 5.41) is 4.12. The van der Waals surface area contributed by atoms with E-state index in [0.29, 0.717) is 0 Å². The minimum atomic E-state index is 0.831. The maximum atomic E-state index is 5.40. The van der Waals surface area contributed by atoms with Crippen molar-refractivity contribution in [1.82, 2.24) is 15.3 Å². The molecule has 0 radical (unpaired) electrons. The molecule has 0 spiro atoms. The van der Waals surface area contributed by atoms with Gasteiger partial charge in [0.2, 0.25) is 0 Å². The quantitative estimate of drug-likeness (QED) is 0.648. The van der Waals surface area contributed by atoms with Gasteiger partial charge in [-0.1, -0.05) is 6.07 Å². The molecule has 2 aromatic rings. The van der Waals surface area contributed by atoms with Crippen molar-refractivity contribution in [3.8, 4) is 5.75 Å². The van der Waals surface area contributed by atoms with Gasteiger partial charge in [-0.2, -0.15) is 0 Å². The predicted molar refractivity (Wildman–Crippen MR) is 77.4 cm³/mol. The SMILES string of the molecule is CNCc1ccc(OC)c(CSc2ccncn2)c1. The van der Waals surface area contributed by atoms with Crippen LogP contribution < -0.4 is 10.1 Å². The predicted octanol–water partition coefficient (Wildman–Crippen LogP) is 2.50. The molecular formula is C14H17N3OS. The highest BCUT2D eigenvalue weighted by molar-refractivity contribution is 7.98. The van der Waals surface area contributed by atoms with Gasteiger partial charge in [-0.25, -0.2) is 9.97 Å². The maximum Gasteiger partial charge on any atom is 0.122 e. The molecule has 19 heavy (non-hydrogen) atoms. The van der Waals surface area contributed by atoms with E-state index in [9.17, 15) is 0 Å². The third-order valence-corrected chi connectivity index (χ3v) is 3.65. The van der Waals surface area contributed by atoms with Crippen LogP contribution in [0.1, 0.15) is 11.1 Å². The zero-order valence-corrected chi connectivity index (χ0v) is 11.9. The largest absolute Gasteiger partial charge is 0.496 e. The summed E-state index contributed by atoms with van der Waals surface area (Å²) >= 11 is 1.68. The second-order valence-electron chi connectivity index (χ2n) is 4.01. The molecule has 0 saturated heterocycles. The van der Waals surface area contributed by atoms with Crippen LogP contribution in [0.5, 0.6) is 5.75 Å². The van der Waals surface area contributed by atoms with Crippen molar-refractivity contribution in [2.75, 3.05) is 14.2 Å². The first-order valence-corrected chi connectivity index (χ1v) is 7.01. The van der Waals surface area contributed by atoms with Crippen molar-refractivity contribution in [3.05, 3.63) is 47.9 Å². The van der Waals surface area contributed by atoms with E-state index in [1.165, 1.54) is 11.1 Å². The van der Waals surface area contributed by atoms with Gasteiger partial charge < -0.3 is 10.1 Å². The van der Waals surface area contributed by atoms with E-state index >= 15 is 0 Å². The van der Waals surface area contributed by atoms with E-state index in [2.05, 4.69) is 27.4 Å². The van der Waals surface area contributed by atoms with Gasteiger partial charge >= 0.3 is 0 Å². The van der Waals surface area contributed by atoms with Crippen LogP contribution in [0.2, 0.25) is 0 Å². The van der Waals surface area contributed by atoms with Crippen LogP contribution >= 0.6 is 11.8 Å². The Labute approximate surface area is 117 Å². The molecule has 0 saturated carbocycles. The van der Waals surface area contributed by atoms with Gasteiger partial charge in [-0.05, 0) is 30.8 Å². The topological polar surface area (TPSA) is 47.0 Å². The molecular weight excluding hydrogens is 258 g/mol. The Morgan fingerprint density at radius 1 is 1.32 bits per heavy atom. The fourth-order valence-electron chi connectivity index (χ4n) is 1.77. The minimum Gasteiger partial charge on any atom is -0.496 e. The number of aromatic nitrogens is 2. The van der Waals surface area contributed by atoms with Gasteiger partial charge in [-0.15, -0.1) is 11.8 Å². The van der Waals surface area contributed by atoms with Gasteiger partial charge in [0.05, 0.1) is 12.1 Å². The van der Waals surface area contributed by atoms with Crippen molar-refractivity contribution in [3.63, 3.8) is 0 Å². The second kappa shape index (κ2) is 7.11. The third kappa shape index (κ3) is 3.94. The average Bonchev–Trinajstić information content (AvgIpc) is 2.47. The highest BCUT2D eigenvalue weighted by Crippen LogP contribution is 2.27. The smallest absolute Gasteiger partial charge is 0.122 e. The van der Waals surface area contributed by atoms with E-state index in [1.807, 2.05) is 19.2 Å². The molecule has 0 aliphatic rings. The van der Waals surface area contributed by atoms with Gasteiger partial charge in [-0.3, -0.25) is 0 Å². The molecule has 5 heteroatoms. The highest BCUT2D eigenvalue weighted by Gasteiger charge is 2.05. The molecule has 1 aromatic heterocycles. The summed E-state index contributed by atoms with van der Waals surface area (Å²) in [6.07, 6.45) is 3.32. The van der Waals surface area contributed by atoms with Crippen molar-refractivity contribution < 1.29 is 4.74 Å². The van der Waals surface area contributed by atoms with Crippen LogP contribution in [0.25, 0.3) is 0 Å². The first-order valence-electron chi connectivity index (χ1n) is 6.02.